The van der Waals surface area contributed by atoms with E-state index in [2.05, 4.69) is 10.2 Å². The SMILES string of the molecule is COc1ccc(CN2C(=O)c3[nH]nc(-c4ccc(C)cc4)c3C2c2ccccc2Cl)cc1. The average Bonchev–Trinajstić information content (AvgIpc) is 3.35. The predicted octanol–water partition coefficient (Wildman–Crippen LogP) is 5.79. The summed E-state index contributed by atoms with van der Waals surface area (Å²) in [7, 11) is 1.64. The molecule has 0 fully saturated rings. The number of amides is 1. The van der Waals surface area contributed by atoms with Crippen molar-refractivity contribution >= 4 is 17.5 Å². The van der Waals surface area contributed by atoms with Gasteiger partial charge in [0.2, 0.25) is 0 Å². The maximum absolute atomic E-state index is 13.5. The number of aromatic amines is 1. The summed E-state index contributed by atoms with van der Waals surface area (Å²) in [5.74, 6) is 0.687. The van der Waals surface area contributed by atoms with Gasteiger partial charge < -0.3 is 9.64 Å². The molecule has 5 rings (SSSR count). The molecule has 1 atom stereocenters. The molecule has 32 heavy (non-hydrogen) atoms. The number of hydrogen-bond donors (Lipinski definition) is 1. The number of aromatic nitrogens is 2. The maximum atomic E-state index is 13.5. The van der Waals surface area contributed by atoms with Crippen molar-refractivity contribution in [2.45, 2.75) is 19.5 Å². The zero-order chi connectivity index (χ0) is 22.2. The van der Waals surface area contributed by atoms with Gasteiger partial charge in [-0.25, -0.2) is 0 Å². The lowest BCUT2D eigenvalue weighted by Gasteiger charge is -2.27. The van der Waals surface area contributed by atoms with Crippen LogP contribution >= 0.6 is 11.6 Å². The highest BCUT2D eigenvalue weighted by molar-refractivity contribution is 6.31. The van der Waals surface area contributed by atoms with Crippen LogP contribution in [0.15, 0.2) is 72.8 Å². The van der Waals surface area contributed by atoms with Crippen molar-refractivity contribution in [1.29, 1.82) is 0 Å². The van der Waals surface area contributed by atoms with Gasteiger partial charge in [0.1, 0.15) is 11.4 Å². The van der Waals surface area contributed by atoms with E-state index in [9.17, 15) is 4.79 Å². The smallest absolute Gasteiger partial charge is 0.273 e. The van der Waals surface area contributed by atoms with Crippen LogP contribution in [0, 0.1) is 6.92 Å². The van der Waals surface area contributed by atoms with Gasteiger partial charge in [0.15, 0.2) is 0 Å². The number of benzene rings is 3. The predicted molar refractivity (Wildman–Crippen MR) is 125 cm³/mol. The summed E-state index contributed by atoms with van der Waals surface area (Å²) in [4.78, 5) is 15.4. The monoisotopic (exact) mass is 443 g/mol. The number of ether oxygens (including phenoxy) is 1. The topological polar surface area (TPSA) is 58.2 Å². The first-order chi connectivity index (χ1) is 15.6. The fourth-order valence-electron chi connectivity index (χ4n) is 4.24. The van der Waals surface area contributed by atoms with E-state index in [4.69, 9.17) is 16.3 Å². The highest BCUT2D eigenvalue weighted by Gasteiger charge is 2.42. The Balaban J connectivity index is 1.62. The van der Waals surface area contributed by atoms with Crippen molar-refractivity contribution < 1.29 is 9.53 Å². The summed E-state index contributed by atoms with van der Waals surface area (Å²) in [5.41, 5.74) is 6.16. The number of H-pyrrole nitrogens is 1. The van der Waals surface area contributed by atoms with Crippen molar-refractivity contribution in [2.75, 3.05) is 7.11 Å². The van der Waals surface area contributed by atoms with Crippen molar-refractivity contribution in [3.8, 4) is 17.0 Å². The molecular formula is C26H22ClN3O2. The second-order valence-electron chi connectivity index (χ2n) is 7.93. The number of nitrogens with zero attached hydrogens (tertiary/aromatic N) is 2. The summed E-state index contributed by atoms with van der Waals surface area (Å²) < 4.78 is 5.27. The molecular weight excluding hydrogens is 422 g/mol. The molecule has 0 saturated heterocycles. The lowest BCUT2D eigenvalue weighted by molar-refractivity contribution is 0.0730. The highest BCUT2D eigenvalue weighted by atomic mass is 35.5. The second-order valence-corrected chi connectivity index (χ2v) is 8.34. The molecule has 1 unspecified atom stereocenters. The molecule has 0 radical (unpaired) electrons. The first-order valence-corrected chi connectivity index (χ1v) is 10.8. The summed E-state index contributed by atoms with van der Waals surface area (Å²) in [6, 6.07) is 23.2. The fourth-order valence-corrected chi connectivity index (χ4v) is 4.48. The molecule has 1 N–H and O–H groups in total. The number of carbonyl (C=O) groups excluding carboxylic acids is 1. The lowest BCUT2D eigenvalue weighted by atomic mass is 9.95. The molecule has 5 nitrogen and oxygen atoms in total. The van der Waals surface area contributed by atoms with Crippen molar-refractivity contribution in [1.82, 2.24) is 15.1 Å². The number of nitrogens with one attached hydrogen (secondary N) is 1. The van der Waals surface area contributed by atoms with Gasteiger partial charge in [0.05, 0.1) is 18.8 Å². The van der Waals surface area contributed by atoms with E-state index >= 15 is 0 Å². The number of hydrogen-bond acceptors (Lipinski definition) is 3. The molecule has 1 aromatic heterocycles. The Bertz CT molecular complexity index is 1280. The fraction of sp³-hybridized carbons (Fsp3) is 0.154. The Labute approximate surface area is 191 Å². The average molecular weight is 444 g/mol. The zero-order valence-corrected chi connectivity index (χ0v) is 18.6. The first-order valence-electron chi connectivity index (χ1n) is 10.4. The van der Waals surface area contributed by atoms with Crippen LogP contribution in [0.25, 0.3) is 11.3 Å². The largest absolute Gasteiger partial charge is 0.497 e. The van der Waals surface area contributed by atoms with Crippen molar-refractivity contribution in [3.63, 3.8) is 0 Å². The van der Waals surface area contributed by atoms with Crippen LogP contribution < -0.4 is 4.74 Å². The van der Waals surface area contributed by atoms with Crippen molar-refractivity contribution in [3.05, 3.63) is 106 Å². The van der Waals surface area contributed by atoms with Crippen LogP contribution in [0.2, 0.25) is 5.02 Å². The van der Waals surface area contributed by atoms with Gasteiger partial charge in [0.25, 0.3) is 5.91 Å². The van der Waals surface area contributed by atoms with Crippen LogP contribution in [0.3, 0.4) is 0 Å². The Hall–Kier alpha value is -3.57. The zero-order valence-electron chi connectivity index (χ0n) is 17.8. The molecule has 3 aromatic carbocycles. The normalized spacial score (nSPS) is 15.2. The van der Waals surface area contributed by atoms with Crippen LogP contribution in [0.5, 0.6) is 5.75 Å². The number of aryl methyl sites for hydroxylation is 1. The first kappa shape index (κ1) is 20.3. The number of halogens is 1. The van der Waals surface area contributed by atoms with Crippen LogP contribution in [-0.2, 0) is 6.54 Å². The third kappa shape index (κ3) is 3.45. The van der Waals surface area contributed by atoms with E-state index in [1.807, 2.05) is 84.6 Å². The number of fused-ring (bicyclic) bond motifs is 1. The second kappa shape index (κ2) is 8.17. The molecule has 160 valence electrons. The number of methoxy groups -OCH3 is 1. The summed E-state index contributed by atoms with van der Waals surface area (Å²) >= 11 is 6.63. The molecule has 0 saturated carbocycles. The van der Waals surface area contributed by atoms with E-state index < -0.39 is 0 Å². The Kier molecular flexibility index (Phi) is 5.19. The van der Waals surface area contributed by atoms with Gasteiger partial charge in [-0.05, 0) is 36.2 Å². The van der Waals surface area contributed by atoms with E-state index in [0.717, 1.165) is 33.7 Å². The third-order valence-electron chi connectivity index (χ3n) is 5.90. The summed E-state index contributed by atoms with van der Waals surface area (Å²) in [5, 5.41) is 8.14. The quantitative estimate of drug-likeness (QED) is 0.424. The van der Waals surface area contributed by atoms with Gasteiger partial charge in [-0.3, -0.25) is 9.89 Å². The molecule has 4 aromatic rings. The molecule has 1 aliphatic rings. The third-order valence-corrected chi connectivity index (χ3v) is 6.24. The van der Waals surface area contributed by atoms with Crippen LogP contribution in [0.1, 0.15) is 38.8 Å². The van der Waals surface area contributed by atoms with E-state index in [0.29, 0.717) is 17.3 Å². The van der Waals surface area contributed by atoms with E-state index in [1.54, 1.807) is 7.11 Å². The molecule has 1 amide bonds. The van der Waals surface area contributed by atoms with Gasteiger partial charge in [-0.2, -0.15) is 5.10 Å². The Morgan fingerprint density at radius 2 is 1.75 bits per heavy atom. The Morgan fingerprint density at radius 1 is 1.03 bits per heavy atom. The lowest BCUT2D eigenvalue weighted by Crippen LogP contribution is -2.29. The molecule has 0 spiro atoms. The molecule has 0 bridgehead atoms. The molecule has 2 heterocycles. The highest BCUT2D eigenvalue weighted by Crippen LogP contribution is 2.45. The van der Waals surface area contributed by atoms with Gasteiger partial charge in [-0.1, -0.05) is 71.8 Å². The van der Waals surface area contributed by atoms with E-state index in [1.165, 1.54) is 5.56 Å². The molecule has 6 heteroatoms. The molecule has 1 aliphatic heterocycles. The van der Waals surface area contributed by atoms with Crippen LogP contribution in [-0.4, -0.2) is 28.1 Å². The number of rotatable bonds is 5. The summed E-state index contributed by atoms with van der Waals surface area (Å²) in [6.45, 7) is 2.49. The number of carbonyl (C=O) groups is 1. The van der Waals surface area contributed by atoms with Crippen LogP contribution in [0.4, 0.5) is 0 Å². The standard InChI is InChI=1S/C26H22ClN3O2/c1-16-7-11-18(12-8-16)23-22-24(29-28-23)26(31)30(15-17-9-13-19(32-2)14-10-17)25(22)20-5-3-4-6-21(20)27/h3-14,25H,15H2,1-2H3,(H,28,29). The minimum atomic E-state index is -0.344. The van der Waals surface area contributed by atoms with Gasteiger partial charge in [-0.15, -0.1) is 0 Å². The van der Waals surface area contributed by atoms with Crippen molar-refractivity contribution in [2.24, 2.45) is 0 Å². The maximum Gasteiger partial charge on any atom is 0.273 e. The van der Waals surface area contributed by atoms with E-state index in [-0.39, 0.29) is 11.9 Å². The van der Waals surface area contributed by atoms with Gasteiger partial charge >= 0.3 is 0 Å². The minimum absolute atomic E-state index is 0.0911. The Morgan fingerprint density at radius 3 is 2.44 bits per heavy atom. The minimum Gasteiger partial charge on any atom is -0.497 e. The molecule has 0 aliphatic carbocycles. The van der Waals surface area contributed by atoms with Gasteiger partial charge in [0, 0.05) is 22.7 Å². The summed E-state index contributed by atoms with van der Waals surface area (Å²) in [6.07, 6.45) is 0.